The van der Waals surface area contributed by atoms with Gasteiger partial charge in [0.25, 0.3) is 0 Å². The zero-order valence-electron chi connectivity index (χ0n) is 44.6. The molecule has 28 heteroatoms. The van der Waals surface area contributed by atoms with Gasteiger partial charge in [0, 0.05) is 19.3 Å². The average Bonchev–Trinajstić information content (AvgIpc) is 3.37. The molecule has 2 rings (SSSR count). The van der Waals surface area contributed by atoms with Gasteiger partial charge in [0.1, 0.15) is 60.1 Å². The molecule has 10 atom stereocenters. The number of aliphatic hydroxyl groups excluding tert-OH is 2. The number of phenols is 1. The van der Waals surface area contributed by atoms with E-state index in [4.69, 9.17) is 10.8 Å². The summed E-state index contributed by atoms with van der Waals surface area (Å²) in [6, 6.07) is -1.50. The maximum atomic E-state index is 14.4. The highest BCUT2D eigenvalue weighted by Gasteiger charge is 2.36. The van der Waals surface area contributed by atoms with Gasteiger partial charge >= 0.3 is 17.9 Å². The van der Waals surface area contributed by atoms with Gasteiger partial charge in [-0.1, -0.05) is 70.2 Å². The molecule has 0 fully saturated rings. The topological polar surface area (TPSA) is 461 Å². The van der Waals surface area contributed by atoms with Gasteiger partial charge in [0.05, 0.1) is 25.7 Å². The second kappa shape index (κ2) is 33.1. The first-order valence-corrected chi connectivity index (χ1v) is 25.2. The van der Waals surface area contributed by atoms with Gasteiger partial charge in [-0.15, -0.1) is 0 Å². The van der Waals surface area contributed by atoms with Gasteiger partial charge in [-0.3, -0.25) is 57.5 Å². The molecule has 17 N–H and O–H groups in total. The zero-order chi connectivity index (χ0) is 59.7. The lowest BCUT2D eigenvalue weighted by atomic mass is 9.99. The molecule has 0 aliphatic carbocycles. The Morgan fingerprint density at radius 3 is 1.23 bits per heavy atom. The van der Waals surface area contributed by atoms with Gasteiger partial charge < -0.3 is 84.2 Å². The predicted molar refractivity (Wildman–Crippen MR) is 278 cm³/mol. The molecular weight excluding hydrogens is 1040 g/mol. The van der Waals surface area contributed by atoms with Crippen molar-refractivity contribution < 1.29 is 88.2 Å². The van der Waals surface area contributed by atoms with Gasteiger partial charge in [-0.2, -0.15) is 0 Å². The molecule has 0 radical (unpaired) electrons. The minimum absolute atomic E-state index is 0.0166. The van der Waals surface area contributed by atoms with E-state index in [1.807, 2.05) is 0 Å². The Balaban J connectivity index is 2.43. The fourth-order valence-corrected chi connectivity index (χ4v) is 7.44. The zero-order valence-corrected chi connectivity index (χ0v) is 44.6. The van der Waals surface area contributed by atoms with Crippen molar-refractivity contribution in [1.29, 1.82) is 0 Å². The van der Waals surface area contributed by atoms with E-state index in [1.165, 1.54) is 31.2 Å². The van der Waals surface area contributed by atoms with Crippen molar-refractivity contribution in [3.63, 3.8) is 0 Å². The van der Waals surface area contributed by atoms with Crippen LogP contribution in [0.2, 0.25) is 0 Å². The van der Waals surface area contributed by atoms with Crippen LogP contribution in [-0.2, 0) is 70.4 Å². The number of aliphatic carboxylic acids is 3. The van der Waals surface area contributed by atoms with Crippen molar-refractivity contribution in [2.75, 3.05) is 13.2 Å². The SMILES string of the molecule is CC(C)C[C@H](NC(=O)[C@H](Cc1ccc(O)cc1)NC(=O)[C@H](CCC(=O)O)NC(=O)[C@H](CC(C)C)NC(=O)[C@H](CO)NC(=O)[C@H](CO)NC(=O)[C@H](C)NC(=O)[C@@H](N)CC(=O)O)C(=O)N[C@@H](Cc1ccccc1)C(=O)N[C@@H](C)C(=O)O. The number of benzene rings is 2. The number of aliphatic hydroxyl groups is 2. The first-order chi connectivity index (χ1) is 37.0. The van der Waals surface area contributed by atoms with Crippen molar-refractivity contribution in [3.8, 4) is 5.75 Å². The van der Waals surface area contributed by atoms with E-state index in [0.29, 0.717) is 11.1 Å². The Hall–Kier alpha value is -8.24. The Labute approximate surface area is 455 Å². The van der Waals surface area contributed by atoms with Crippen LogP contribution in [0.1, 0.15) is 84.8 Å². The number of nitrogens with one attached hydrogen (secondary N) is 9. The molecule has 436 valence electrons. The number of nitrogens with two attached hydrogens (primary N) is 1. The summed E-state index contributed by atoms with van der Waals surface area (Å²) in [6.45, 7) is 7.02. The molecule has 0 unspecified atom stereocenters. The average molecular weight is 1120 g/mol. The number of phenolic OH excluding ortho intramolecular Hbond substituents is 1. The van der Waals surface area contributed by atoms with Gasteiger partial charge in [0.2, 0.25) is 53.2 Å². The lowest BCUT2D eigenvalue weighted by molar-refractivity contribution is -0.142. The van der Waals surface area contributed by atoms with Crippen molar-refractivity contribution in [2.45, 2.75) is 147 Å². The van der Waals surface area contributed by atoms with Crippen LogP contribution < -0.4 is 53.6 Å². The van der Waals surface area contributed by atoms with E-state index in [1.54, 1.807) is 58.0 Å². The van der Waals surface area contributed by atoms with Crippen LogP contribution in [0.25, 0.3) is 0 Å². The maximum Gasteiger partial charge on any atom is 0.325 e. The first kappa shape index (κ1) is 66.9. The third-order valence-electron chi connectivity index (χ3n) is 11.7. The Kier molecular flexibility index (Phi) is 28.1. The summed E-state index contributed by atoms with van der Waals surface area (Å²) in [5.41, 5.74) is 6.49. The molecule has 0 aliphatic rings. The largest absolute Gasteiger partial charge is 0.508 e. The van der Waals surface area contributed by atoms with Crippen LogP contribution >= 0.6 is 0 Å². The molecule has 0 aromatic heterocycles. The molecule has 0 saturated heterocycles. The van der Waals surface area contributed by atoms with Crippen LogP contribution in [0.4, 0.5) is 0 Å². The fraction of sp³-hybridized carbons (Fsp3) is 0.529. The number of rotatable bonds is 34. The predicted octanol–water partition coefficient (Wildman–Crippen LogP) is -3.59. The van der Waals surface area contributed by atoms with Crippen molar-refractivity contribution in [3.05, 3.63) is 65.7 Å². The van der Waals surface area contributed by atoms with E-state index in [2.05, 4.69) is 47.9 Å². The van der Waals surface area contributed by atoms with E-state index in [9.17, 15) is 83.1 Å². The summed E-state index contributed by atoms with van der Waals surface area (Å²) in [5, 5.41) is 79.3. The molecule has 0 aliphatic heterocycles. The number of amides is 9. The van der Waals surface area contributed by atoms with Crippen molar-refractivity contribution in [1.82, 2.24) is 47.9 Å². The van der Waals surface area contributed by atoms with Crippen molar-refractivity contribution >= 4 is 71.1 Å². The molecule has 79 heavy (non-hydrogen) atoms. The van der Waals surface area contributed by atoms with Gasteiger partial charge in [-0.25, -0.2) is 0 Å². The Morgan fingerprint density at radius 2 is 0.797 bits per heavy atom. The number of carbonyl (C=O) groups excluding carboxylic acids is 9. The summed E-state index contributed by atoms with van der Waals surface area (Å²) in [4.78, 5) is 156. The van der Waals surface area contributed by atoms with Gasteiger partial charge in [0.15, 0.2) is 0 Å². The number of carbonyl (C=O) groups is 12. The van der Waals surface area contributed by atoms with Crippen LogP contribution in [0.3, 0.4) is 0 Å². The second-order valence-electron chi connectivity index (χ2n) is 19.5. The van der Waals surface area contributed by atoms with Gasteiger partial charge in [-0.05, 0) is 68.2 Å². The lowest BCUT2D eigenvalue weighted by Crippen LogP contribution is -2.61. The Morgan fingerprint density at radius 1 is 0.430 bits per heavy atom. The molecule has 2 aromatic rings. The minimum Gasteiger partial charge on any atom is -0.508 e. The molecule has 2 aromatic carbocycles. The molecule has 0 heterocycles. The highest BCUT2D eigenvalue weighted by atomic mass is 16.4. The third kappa shape index (κ3) is 24.3. The first-order valence-electron chi connectivity index (χ1n) is 25.2. The van der Waals surface area contributed by atoms with E-state index in [0.717, 1.165) is 6.92 Å². The molecule has 9 amide bonds. The monoisotopic (exact) mass is 1110 g/mol. The molecular formula is C51H74N10O18. The minimum atomic E-state index is -1.84. The molecule has 0 spiro atoms. The highest BCUT2D eigenvalue weighted by molar-refractivity contribution is 5.99. The molecule has 0 saturated carbocycles. The lowest BCUT2D eigenvalue weighted by Gasteiger charge is -2.28. The fourth-order valence-electron chi connectivity index (χ4n) is 7.44. The standard InChI is InChI=1S/C51H74N10O18/c1-25(2)18-34(57-49(76)39(24-63)61-50(77)38(23-62)60-42(69)27(5)53-43(70)32(52)22-41(67)68)46(73)55-33(16-17-40(65)66)44(71)58-37(21-30-12-14-31(64)15-13-30)48(75)56-35(19-26(3)4)47(74)59-36(20-29-10-8-7-9-11-29)45(72)54-28(6)51(78)79/h7-15,25-28,32-39,62-64H,16-24,52H2,1-6H3,(H,53,70)(H,54,72)(H,55,73)(H,56,75)(H,57,76)(H,58,71)(H,59,74)(H,60,69)(H,61,77)(H,65,66)(H,67,68)(H,78,79)/t27-,28-,32-,33-,34-,35-,36-,37-,38-,39-/m0/s1. The summed E-state index contributed by atoms with van der Waals surface area (Å²) in [5.74, 6) is -14.2. The van der Waals surface area contributed by atoms with E-state index >= 15 is 0 Å². The number of carboxylic acids is 3. The number of aromatic hydroxyl groups is 1. The summed E-state index contributed by atoms with van der Waals surface area (Å²) < 4.78 is 0. The van der Waals surface area contributed by atoms with E-state index < -0.39 is 164 Å². The van der Waals surface area contributed by atoms with Crippen LogP contribution in [0.15, 0.2) is 54.6 Å². The molecule has 0 bridgehead atoms. The highest BCUT2D eigenvalue weighted by Crippen LogP contribution is 2.15. The second-order valence-corrected chi connectivity index (χ2v) is 19.5. The summed E-state index contributed by atoms with van der Waals surface area (Å²) in [7, 11) is 0. The maximum absolute atomic E-state index is 14.4. The summed E-state index contributed by atoms with van der Waals surface area (Å²) >= 11 is 0. The normalized spacial score (nSPS) is 14.9. The molecule has 28 nitrogen and oxygen atoms in total. The number of carboxylic acid groups (broad SMARTS) is 3. The van der Waals surface area contributed by atoms with Crippen LogP contribution in [-0.4, -0.2) is 175 Å². The Bertz CT molecular complexity index is 2440. The smallest absolute Gasteiger partial charge is 0.325 e. The van der Waals surface area contributed by atoms with Crippen LogP contribution in [0.5, 0.6) is 5.75 Å². The third-order valence-corrected chi connectivity index (χ3v) is 11.7. The quantitative estimate of drug-likeness (QED) is 0.0322. The number of hydrogen-bond acceptors (Lipinski definition) is 16. The van der Waals surface area contributed by atoms with Crippen molar-refractivity contribution in [2.24, 2.45) is 17.6 Å². The number of hydrogen-bond donors (Lipinski definition) is 16. The van der Waals surface area contributed by atoms with E-state index in [-0.39, 0.29) is 43.3 Å². The van der Waals surface area contributed by atoms with Crippen LogP contribution in [0, 0.1) is 11.8 Å². The summed E-state index contributed by atoms with van der Waals surface area (Å²) in [6.07, 6.45) is -2.60.